The number of ether oxygens (including phenoxy) is 3. The molecule has 138 valence electrons. The van der Waals surface area contributed by atoms with E-state index in [2.05, 4.69) is 5.32 Å². The van der Waals surface area contributed by atoms with Crippen LogP contribution in [0.1, 0.15) is 12.5 Å². The smallest absolute Gasteiger partial charge is 0.344 e. The summed E-state index contributed by atoms with van der Waals surface area (Å²) in [4.78, 5) is 24.0. The Kier molecular flexibility index (Phi) is 6.86. The van der Waals surface area contributed by atoms with Crippen LogP contribution in [-0.4, -0.2) is 31.7 Å². The van der Waals surface area contributed by atoms with E-state index in [9.17, 15) is 9.59 Å². The minimum atomic E-state index is -0.959. The number of aryl methyl sites for hydroxylation is 1. The molecule has 6 nitrogen and oxygen atoms in total. The number of anilines is 1. The summed E-state index contributed by atoms with van der Waals surface area (Å²) in [5.41, 5.74) is 1.38. The van der Waals surface area contributed by atoms with Crippen LogP contribution < -0.4 is 14.8 Å². The minimum absolute atomic E-state index is 0.303. The summed E-state index contributed by atoms with van der Waals surface area (Å²) in [6.07, 6.45) is -0.959. The molecule has 2 rings (SSSR count). The van der Waals surface area contributed by atoms with Gasteiger partial charge >= 0.3 is 5.97 Å². The number of benzene rings is 2. The van der Waals surface area contributed by atoms with Crippen molar-refractivity contribution in [2.24, 2.45) is 0 Å². The van der Waals surface area contributed by atoms with Gasteiger partial charge < -0.3 is 19.5 Å². The van der Waals surface area contributed by atoms with Gasteiger partial charge in [-0.1, -0.05) is 11.6 Å². The maximum atomic E-state index is 12.1. The molecule has 2 aromatic carbocycles. The van der Waals surface area contributed by atoms with Crippen molar-refractivity contribution >= 4 is 29.2 Å². The number of hydrogen-bond acceptors (Lipinski definition) is 5. The van der Waals surface area contributed by atoms with Gasteiger partial charge in [0, 0.05) is 10.7 Å². The lowest BCUT2D eigenvalue weighted by Gasteiger charge is -2.14. The number of methoxy groups -OCH3 is 1. The molecule has 0 saturated heterocycles. The topological polar surface area (TPSA) is 73.9 Å². The van der Waals surface area contributed by atoms with Crippen LogP contribution in [0.3, 0.4) is 0 Å². The summed E-state index contributed by atoms with van der Waals surface area (Å²) in [5, 5.41) is 3.24. The Morgan fingerprint density at radius 2 is 1.85 bits per heavy atom. The Hall–Kier alpha value is -2.73. The lowest BCUT2D eigenvalue weighted by Crippen LogP contribution is -2.31. The van der Waals surface area contributed by atoms with Crippen molar-refractivity contribution in [3.63, 3.8) is 0 Å². The van der Waals surface area contributed by atoms with Crippen LogP contribution in [0.25, 0.3) is 0 Å². The van der Waals surface area contributed by atoms with Crippen LogP contribution in [0.15, 0.2) is 42.5 Å². The fourth-order valence-corrected chi connectivity index (χ4v) is 2.34. The number of carbonyl (C=O) groups is 2. The van der Waals surface area contributed by atoms with Crippen LogP contribution in [0.5, 0.6) is 11.5 Å². The van der Waals surface area contributed by atoms with Crippen molar-refractivity contribution in [3.05, 3.63) is 53.1 Å². The van der Waals surface area contributed by atoms with E-state index in [0.717, 1.165) is 5.56 Å². The predicted octanol–water partition coefficient (Wildman–Crippen LogP) is 3.61. The van der Waals surface area contributed by atoms with Crippen molar-refractivity contribution in [1.29, 1.82) is 0 Å². The molecule has 0 heterocycles. The molecule has 1 atom stereocenters. The summed E-state index contributed by atoms with van der Waals surface area (Å²) < 4.78 is 15.5. The first-order valence-corrected chi connectivity index (χ1v) is 8.30. The molecule has 0 spiro atoms. The van der Waals surface area contributed by atoms with E-state index in [-0.39, 0.29) is 6.61 Å². The third kappa shape index (κ3) is 5.67. The number of hydrogen-bond donors (Lipinski definition) is 1. The molecule has 2 aromatic rings. The van der Waals surface area contributed by atoms with Gasteiger partial charge in [0.2, 0.25) is 0 Å². The fourth-order valence-electron chi connectivity index (χ4n) is 2.11. The lowest BCUT2D eigenvalue weighted by molar-refractivity contribution is -0.155. The molecule has 0 saturated carbocycles. The van der Waals surface area contributed by atoms with Gasteiger partial charge in [-0.2, -0.15) is 0 Å². The highest BCUT2D eigenvalue weighted by atomic mass is 35.5. The largest absolute Gasteiger partial charge is 0.497 e. The van der Waals surface area contributed by atoms with Crippen LogP contribution in [0, 0.1) is 6.92 Å². The van der Waals surface area contributed by atoms with Gasteiger partial charge in [0.1, 0.15) is 11.5 Å². The molecule has 0 radical (unpaired) electrons. The van der Waals surface area contributed by atoms with Gasteiger partial charge in [-0.3, -0.25) is 4.79 Å². The monoisotopic (exact) mass is 377 g/mol. The average molecular weight is 378 g/mol. The second-order valence-corrected chi connectivity index (χ2v) is 5.98. The van der Waals surface area contributed by atoms with Crippen LogP contribution >= 0.6 is 11.6 Å². The number of carbonyl (C=O) groups excluding carboxylic acids is 2. The first-order chi connectivity index (χ1) is 12.4. The van der Waals surface area contributed by atoms with Gasteiger partial charge in [0.25, 0.3) is 5.91 Å². The van der Waals surface area contributed by atoms with Crippen LogP contribution in [-0.2, 0) is 14.3 Å². The van der Waals surface area contributed by atoms with Crippen molar-refractivity contribution in [2.45, 2.75) is 20.0 Å². The van der Waals surface area contributed by atoms with E-state index in [1.807, 2.05) is 6.92 Å². The van der Waals surface area contributed by atoms with Gasteiger partial charge in [-0.05, 0) is 61.9 Å². The number of esters is 1. The van der Waals surface area contributed by atoms with E-state index in [0.29, 0.717) is 22.2 Å². The van der Waals surface area contributed by atoms with Gasteiger partial charge in [0.15, 0.2) is 12.7 Å². The molecule has 1 N–H and O–H groups in total. The molecule has 0 aliphatic carbocycles. The molecular weight excluding hydrogens is 358 g/mol. The number of amides is 1. The van der Waals surface area contributed by atoms with Crippen molar-refractivity contribution in [2.75, 3.05) is 19.0 Å². The summed E-state index contributed by atoms with van der Waals surface area (Å²) in [6.45, 7) is 3.00. The maximum absolute atomic E-state index is 12.1. The maximum Gasteiger partial charge on any atom is 0.344 e. The van der Waals surface area contributed by atoms with Crippen LogP contribution in [0.4, 0.5) is 5.69 Å². The molecule has 26 heavy (non-hydrogen) atoms. The van der Waals surface area contributed by atoms with Gasteiger partial charge in [0.05, 0.1) is 7.11 Å². The first kappa shape index (κ1) is 19.6. The summed E-state index contributed by atoms with van der Waals surface area (Å²) >= 11 is 5.87. The Balaban J connectivity index is 1.82. The second kappa shape index (κ2) is 9.10. The molecule has 0 fully saturated rings. The highest BCUT2D eigenvalue weighted by molar-refractivity contribution is 6.30. The highest BCUT2D eigenvalue weighted by Gasteiger charge is 2.18. The Bertz CT molecular complexity index is 776. The molecule has 0 aromatic heterocycles. The van der Waals surface area contributed by atoms with E-state index in [1.54, 1.807) is 49.6 Å². The lowest BCUT2D eigenvalue weighted by atomic mass is 10.2. The molecule has 1 unspecified atom stereocenters. The Labute approximate surface area is 157 Å². The summed E-state index contributed by atoms with van der Waals surface area (Å²) in [7, 11) is 1.56. The summed E-state index contributed by atoms with van der Waals surface area (Å²) in [6, 6.07) is 11.9. The molecule has 0 aliphatic heterocycles. The Morgan fingerprint density at radius 3 is 2.46 bits per heavy atom. The van der Waals surface area contributed by atoms with Crippen LogP contribution in [0.2, 0.25) is 5.02 Å². The fraction of sp³-hybridized carbons (Fsp3) is 0.263. The molecule has 0 bridgehead atoms. The summed E-state index contributed by atoms with van der Waals surface area (Å²) in [5.74, 6) is 0.127. The highest BCUT2D eigenvalue weighted by Crippen LogP contribution is 2.21. The minimum Gasteiger partial charge on any atom is -0.497 e. The number of rotatable bonds is 7. The van der Waals surface area contributed by atoms with Crippen molar-refractivity contribution < 1.29 is 23.8 Å². The first-order valence-electron chi connectivity index (χ1n) is 7.92. The third-order valence-electron chi connectivity index (χ3n) is 3.52. The normalized spacial score (nSPS) is 11.4. The number of nitrogens with one attached hydrogen (secondary N) is 1. The molecule has 0 aliphatic rings. The predicted molar refractivity (Wildman–Crippen MR) is 98.9 cm³/mol. The standard InChI is InChI=1S/C19H20ClNO5/c1-12-10-14(20)4-9-17(12)25-11-18(22)26-13(2)19(23)21-15-5-7-16(24-3)8-6-15/h4-10,13H,11H2,1-3H3,(H,21,23). The van der Waals surface area contributed by atoms with Crippen molar-refractivity contribution in [1.82, 2.24) is 0 Å². The zero-order valence-corrected chi connectivity index (χ0v) is 15.5. The van der Waals surface area contributed by atoms with Gasteiger partial charge in [-0.25, -0.2) is 4.79 Å². The number of halogens is 1. The van der Waals surface area contributed by atoms with Crippen molar-refractivity contribution in [3.8, 4) is 11.5 Å². The second-order valence-electron chi connectivity index (χ2n) is 5.55. The van der Waals surface area contributed by atoms with E-state index >= 15 is 0 Å². The zero-order valence-electron chi connectivity index (χ0n) is 14.7. The van der Waals surface area contributed by atoms with E-state index in [4.69, 9.17) is 25.8 Å². The molecule has 7 heteroatoms. The average Bonchev–Trinajstić information content (AvgIpc) is 2.61. The SMILES string of the molecule is COc1ccc(NC(=O)C(C)OC(=O)COc2ccc(Cl)cc2C)cc1. The molecular formula is C19H20ClNO5. The van der Waals surface area contributed by atoms with Gasteiger partial charge in [-0.15, -0.1) is 0 Å². The Morgan fingerprint density at radius 1 is 1.15 bits per heavy atom. The third-order valence-corrected chi connectivity index (χ3v) is 3.75. The van der Waals surface area contributed by atoms with E-state index in [1.165, 1.54) is 6.92 Å². The zero-order chi connectivity index (χ0) is 19.1. The van der Waals surface area contributed by atoms with E-state index < -0.39 is 18.0 Å². The quantitative estimate of drug-likeness (QED) is 0.746. The molecule has 1 amide bonds.